The van der Waals surface area contributed by atoms with Crippen LogP contribution in [0.5, 0.6) is 0 Å². The number of benzene rings is 3. The summed E-state index contributed by atoms with van der Waals surface area (Å²) in [4.78, 5) is 37.1. The highest BCUT2D eigenvalue weighted by atomic mass is 79.9. The van der Waals surface area contributed by atoms with Gasteiger partial charge in [0.15, 0.2) is 0 Å². The Morgan fingerprint density at radius 3 is 2.63 bits per heavy atom. The molecule has 0 spiro atoms. The smallest absolute Gasteiger partial charge is 0.407 e. The fourth-order valence-corrected chi connectivity index (χ4v) is 6.76. The van der Waals surface area contributed by atoms with Crippen LogP contribution in [0.25, 0.3) is 42.3 Å². The summed E-state index contributed by atoms with van der Waals surface area (Å²) < 4.78 is 7.08. The number of fused-ring (bicyclic) bond motifs is 4. The van der Waals surface area contributed by atoms with Crippen molar-refractivity contribution in [3.05, 3.63) is 77.5 Å². The van der Waals surface area contributed by atoms with Gasteiger partial charge in [0.05, 0.1) is 18.1 Å². The maximum atomic E-state index is 13.7. The molecule has 0 aliphatic carbocycles. The molecule has 0 radical (unpaired) electrons. The third kappa shape index (κ3) is 5.74. The van der Waals surface area contributed by atoms with Gasteiger partial charge in [0.1, 0.15) is 17.9 Å². The fraction of sp³-hybridized carbons (Fsp3) is 0.281. The lowest BCUT2D eigenvalue weighted by Crippen LogP contribution is -2.52. The van der Waals surface area contributed by atoms with Crippen LogP contribution in [0, 0.1) is 5.92 Å². The molecule has 5 rings (SSSR count). The number of hydrogen-bond acceptors (Lipinski definition) is 5. The third-order valence-electron chi connectivity index (χ3n) is 7.23. The molecule has 41 heavy (non-hydrogen) atoms. The zero-order chi connectivity index (χ0) is 29.3. The Morgan fingerprint density at radius 1 is 1.15 bits per heavy atom. The van der Waals surface area contributed by atoms with Gasteiger partial charge in [-0.2, -0.15) is 0 Å². The van der Waals surface area contributed by atoms with Gasteiger partial charge in [-0.1, -0.05) is 67.0 Å². The Bertz CT molecular complexity index is 1760. The van der Waals surface area contributed by atoms with Crippen molar-refractivity contribution >= 4 is 71.2 Å². The number of carbonyl (C=O) groups is 2. The number of H-pyrrole nitrogens is 1. The van der Waals surface area contributed by atoms with Crippen molar-refractivity contribution in [1.82, 2.24) is 20.2 Å². The van der Waals surface area contributed by atoms with Crippen LogP contribution in [0.2, 0.25) is 0 Å². The Labute approximate surface area is 251 Å². The van der Waals surface area contributed by atoms with Gasteiger partial charge in [0.25, 0.3) is 0 Å². The zero-order valence-corrected chi connectivity index (χ0v) is 25.9. The second-order valence-corrected chi connectivity index (χ2v) is 12.4. The highest BCUT2D eigenvalue weighted by Crippen LogP contribution is 2.37. The molecule has 7 nitrogen and oxygen atoms in total. The first kappa shape index (κ1) is 28.8. The Morgan fingerprint density at radius 2 is 1.93 bits per heavy atom. The number of thiophene rings is 1. The van der Waals surface area contributed by atoms with Crippen molar-refractivity contribution in [2.75, 3.05) is 13.7 Å². The molecule has 0 saturated carbocycles. The molecule has 0 saturated heterocycles. The van der Waals surface area contributed by atoms with Crippen LogP contribution in [0.15, 0.2) is 71.7 Å². The maximum Gasteiger partial charge on any atom is 0.407 e. The molecule has 0 aliphatic heterocycles. The van der Waals surface area contributed by atoms with E-state index >= 15 is 0 Å². The minimum absolute atomic E-state index is 0.136. The molecular weight excluding hydrogens is 600 g/mol. The number of rotatable bonds is 9. The van der Waals surface area contributed by atoms with Crippen molar-refractivity contribution < 1.29 is 14.3 Å². The first-order valence-electron chi connectivity index (χ1n) is 13.6. The van der Waals surface area contributed by atoms with E-state index in [2.05, 4.69) is 81.3 Å². The highest BCUT2D eigenvalue weighted by molar-refractivity contribution is 9.10. The van der Waals surface area contributed by atoms with Crippen LogP contribution in [-0.4, -0.2) is 46.6 Å². The Balaban J connectivity index is 1.51. The molecule has 2 atom stereocenters. The largest absolute Gasteiger partial charge is 0.453 e. The van der Waals surface area contributed by atoms with Gasteiger partial charge in [-0.3, -0.25) is 4.79 Å². The molecule has 2 N–H and O–H groups in total. The monoisotopic (exact) mass is 632 g/mol. The van der Waals surface area contributed by atoms with Crippen LogP contribution in [0.4, 0.5) is 4.79 Å². The molecular formula is C32H33BrN4O3S. The molecule has 9 heteroatoms. The van der Waals surface area contributed by atoms with Gasteiger partial charge in [-0.05, 0) is 59.0 Å². The molecule has 0 fully saturated rings. The quantitative estimate of drug-likeness (QED) is 0.160. The molecule has 0 aliphatic rings. The molecule has 2 amide bonds. The van der Waals surface area contributed by atoms with Gasteiger partial charge in [-0.15, -0.1) is 17.9 Å². The first-order chi connectivity index (χ1) is 19.7. The highest BCUT2D eigenvalue weighted by Gasteiger charge is 2.33. The summed E-state index contributed by atoms with van der Waals surface area (Å²) in [6, 6.07) is 17.9. The zero-order valence-electron chi connectivity index (χ0n) is 23.5. The van der Waals surface area contributed by atoms with Gasteiger partial charge >= 0.3 is 6.09 Å². The summed E-state index contributed by atoms with van der Waals surface area (Å²) >= 11 is 5.34. The van der Waals surface area contributed by atoms with Crippen LogP contribution in [0.3, 0.4) is 0 Å². The molecule has 0 unspecified atom stereocenters. The van der Waals surface area contributed by atoms with E-state index in [1.807, 2.05) is 26.8 Å². The number of hydrogen-bond donors (Lipinski definition) is 2. The number of aromatic nitrogens is 2. The van der Waals surface area contributed by atoms with E-state index in [-0.39, 0.29) is 11.8 Å². The van der Waals surface area contributed by atoms with Crippen molar-refractivity contribution in [1.29, 1.82) is 0 Å². The lowest BCUT2D eigenvalue weighted by atomic mass is 10.0. The molecule has 5 aromatic rings. The van der Waals surface area contributed by atoms with E-state index < -0.39 is 18.2 Å². The number of alkyl carbamates (subject to hydrolysis) is 1. The van der Waals surface area contributed by atoms with E-state index in [0.29, 0.717) is 12.4 Å². The first-order valence-corrected chi connectivity index (χ1v) is 15.2. The molecule has 212 valence electrons. The third-order valence-corrected chi connectivity index (χ3v) is 8.87. The van der Waals surface area contributed by atoms with Gasteiger partial charge < -0.3 is 19.9 Å². The summed E-state index contributed by atoms with van der Waals surface area (Å²) in [6.45, 7) is 10.3. The van der Waals surface area contributed by atoms with Crippen LogP contribution in [0.1, 0.15) is 39.1 Å². The number of methoxy groups -OCH3 is 1. The Hall–Kier alpha value is -3.69. The molecule has 2 aromatic heterocycles. The second kappa shape index (κ2) is 12.0. The summed E-state index contributed by atoms with van der Waals surface area (Å²) in [5.74, 6) is 0.286. The van der Waals surface area contributed by atoms with E-state index in [0.717, 1.165) is 38.3 Å². The SMILES string of the molecule is C=C[C@@H](c1nc2c(ccc3cc(-c4cc5ccc(Br)cc5s4)ccc32)[nH]1)N(CCC)C(=O)[C@@H](NC(=O)OC)C(C)C. The lowest BCUT2D eigenvalue weighted by molar-refractivity contribution is -0.136. The number of nitrogens with zero attached hydrogens (tertiary/aromatic N) is 2. The molecule has 0 bridgehead atoms. The van der Waals surface area contributed by atoms with Crippen LogP contribution < -0.4 is 5.32 Å². The van der Waals surface area contributed by atoms with Gasteiger partial charge in [-0.25, -0.2) is 9.78 Å². The van der Waals surface area contributed by atoms with E-state index in [1.165, 1.54) is 22.1 Å². The lowest BCUT2D eigenvalue weighted by Gasteiger charge is -2.33. The number of imidazole rings is 1. The summed E-state index contributed by atoms with van der Waals surface area (Å²) in [7, 11) is 1.29. The minimum Gasteiger partial charge on any atom is -0.453 e. The topological polar surface area (TPSA) is 87.3 Å². The minimum atomic E-state index is -0.741. The number of halogens is 1. The van der Waals surface area contributed by atoms with Crippen molar-refractivity contribution in [3.63, 3.8) is 0 Å². The average molecular weight is 634 g/mol. The molecule has 3 aromatic carbocycles. The summed E-state index contributed by atoms with van der Waals surface area (Å²) in [5, 5.41) is 6.04. The van der Waals surface area contributed by atoms with Crippen molar-refractivity contribution in [2.24, 2.45) is 5.92 Å². The van der Waals surface area contributed by atoms with Crippen LogP contribution in [-0.2, 0) is 9.53 Å². The number of amides is 2. The maximum absolute atomic E-state index is 13.7. The molecule has 2 heterocycles. The second-order valence-electron chi connectivity index (χ2n) is 10.4. The van der Waals surface area contributed by atoms with Gasteiger partial charge in [0.2, 0.25) is 5.91 Å². The van der Waals surface area contributed by atoms with Gasteiger partial charge in [0, 0.05) is 26.0 Å². The number of aromatic amines is 1. The predicted octanol–water partition coefficient (Wildman–Crippen LogP) is 8.21. The fourth-order valence-electron chi connectivity index (χ4n) is 5.15. The normalized spacial score (nSPS) is 13.0. The predicted molar refractivity (Wildman–Crippen MR) is 171 cm³/mol. The van der Waals surface area contributed by atoms with Crippen LogP contribution >= 0.6 is 27.3 Å². The standard InChI is InChI=1S/C32H33BrN4O3S/c1-6-14-37(31(38)28(18(3)4)36-32(39)40-5)25(7-2)30-34-24-13-10-19-15-20(9-12-23(19)29(24)35-30)26-16-21-8-11-22(33)17-27(21)41-26/h7-13,15-18,25,28H,2,6,14H2,1,3-5H3,(H,34,35)(H,36,39)/t25-,28-/m0/s1. The number of carbonyl (C=O) groups excluding carboxylic acids is 2. The van der Waals surface area contributed by atoms with E-state index in [1.54, 1.807) is 22.3 Å². The summed E-state index contributed by atoms with van der Waals surface area (Å²) in [5.41, 5.74) is 2.88. The number of ether oxygens (including phenoxy) is 1. The number of nitrogens with one attached hydrogen (secondary N) is 2. The van der Waals surface area contributed by atoms with E-state index in [4.69, 9.17) is 9.72 Å². The summed E-state index contributed by atoms with van der Waals surface area (Å²) in [6.07, 6.45) is 1.82. The van der Waals surface area contributed by atoms with Crippen molar-refractivity contribution in [2.45, 2.75) is 39.3 Å². The van der Waals surface area contributed by atoms with E-state index in [9.17, 15) is 9.59 Å². The Kier molecular flexibility index (Phi) is 8.47. The average Bonchev–Trinajstić information content (AvgIpc) is 3.59. The van der Waals surface area contributed by atoms with Crippen molar-refractivity contribution in [3.8, 4) is 10.4 Å².